The van der Waals surface area contributed by atoms with E-state index in [1.54, 1.807) is 0 Å². The van der Waals surface area contributed by atoms with Crippen LogP contribution in [0.25, 0.3) is 0 Å². The van der Waals surface area contributed by atoms with Crippen molar-refractivity contribution >= 4 is 12.6 Å². The molecule has 10 heavy (non-hydrogen) atoms. The summed E-state index contributed by atoms with van der Waals surface area (Å²) in [5, 5.41) is 2.22. The fraction of sp³-hybridized carbons (Fsp3) is 0.600. The number of methoxy groups -OCH3 is 1. The third-order valence-corrected chi connectivity index (χ3v) is 0.766. The van der Waals surface area contributed by atoms with E-state index in [0.29, 0.717) is 0 Å². The lowest BCUT2D eigenvalue weighted by atomic mass is 10.6. The number of rotatable bonds is 3. The maximum atomic E-state index is 10.4. The van der Waals surface area contributed by atoms with Crippen molar-refractivity contribution in [2.45, 2.75) is 13.2 Å². The molecule has 0 bridgehead atoms. The van der Waals surface area contributed by atoms with Crippen molar-refractivity contribution < 1.29 is 19.1 Å². The maximum Gasteiger partial charge on any atom is 0.409 e. The van der Waals surface area contributed by atoms with Gasteiger partial charge in [-0.1, -0.05) is 0 Å². The molecule has 0 aromatic heterocycles. The average Bonchev–Trinajstić information content (AvgIpc) is 1.88. The lowest BCUT2D eigenvalue weighted by Crippen LogP contribution is -2.34. The van der Waals surface area contributed by atoms with E-state index in [4.69, 9.17) is 0 Å². The van der Waals surface area contributed by atoms with E-state index in [2.05, 4.69) is 14.8 Å². The van der Waals surface area contributed by atoms with Crippen molar-refractivity contribution in [1.82, 2.24) is 5.32 Å². The van der Waals surface area contributed by atoms with Crippen LogP contribution in [0.1, 0.15) is 6.92 Å². The SMILES string of the molecule is COC(=O)N[C@@H](C)OC=O. The van der Waals surface area contributed by atoms with Crippen LogP contribution in [0.4, 0.5) is 4.79 Å². The van der Waals surface area contributed by atoms with Gasteiger partial charge in [-0.25, -0.2) is 4.79 Å². The highest BCUT2D eigenvalue weighted by Crippen LogP contribution is 1.81. The molecule has 0 radical (unpaired) electrons. The number of nitrogens with one attached hydrogen (secondary N) is 1. The molecular weight excluding hydrogens is 138 g/mol. The Kier molecular flexibility index (Phi) is 4.02. The van der Waals surface area contributed by atoms with Crippen LogP contribution < -0.4 is 5.32 Å². The van der Waals surface area contributed by atoms with Crippen molar-refractivity contribution in [2.75, 3.05) is 7.11 Å². The maximum absolute atomic E-state index is 10.4. The summed E-state index contributed by atoms with van der Waals surface area (Å²) in [6.07, 6.45) is -1.28. The molecule has 0 fully saturated rings. The summed E-state index contributed by atoms with van der Waals surface area (Å²) in [6.45, 7) is 1.76. The Hall–Kier alpha value is -1.26. The van der Waals surface area contributed by atoms with Gasteiger partial charge in [-0.05, 0) is 6.92 Å². The Bertz CT molecular complexity index is 125. The van der Waals surface area contributed by atoms with E-state index in [9.17, 15) is 9.59 Å². The van der Waals surface area contributed by atoms with Crippen LogP contribution in [-0.2, 0) is 14.3 Å². The molecule has 5 heteroatoms. The van der Waals surface area contributed by atoms with Crippen LogP contribution in [0.2, 0.25) is 0 Å². The van der Waals surface area contributed by atoms with Crippen LogP contribution in [0.3, 0.4) is 0 Å². The third-order valence-electron chi connectivity index (χ3n) is 0.766. The monoisotopic (exact) mass is 147 g/mol. The number of hydrogen-bond acceptors (Lipinski definition) is 4. The summed E-state index contributed by atoms with van der Waals surface area (Å²) in [5.74, 6) is 0. The topological polar surface area (TPSA) is 64.6 Å². The molecule has 0 aliphatic rings. The predicted octanol–water partition coefficient (Wildman–Crippen LogP) is -0.139. The van der Waals surface area contributed by atoms with E-state index in [1.165, 1.54) is 14.0 Å². The Morgan fingerprint density at radius 1 is 1.70 bits per heavy atom. The summed E-state index contributed by atoms with van der Waals surface area (Å²) in [4.78, 5) is 20.0. The van der Waals surface area contributed by atoms with Gasteiger partial charge in [0.15, 0.2) is 6.23 Å². The van der Waals surface area contributed by atoms with Crippen LogP contribution >= 0.6 is 0 Å². The minimum absolute atomic E-state index is 0.251. The van der Waals surface area contributed by atoms with Gasteiger partial charge in [0.05, 0.1) is 7.11 Å². The number of carbonyl (C=O) groups excluding carboxylic acids is 2. The quantitative estimate of drug-likeness (QED) is 0.445. The average molecular weight is 147 g/mol. The molecule has 0 rings (SSSR count). The van der Waals surface area contributed by atoms with Gasteiger partial charge in [-0.3, -0.25) is 10.1 Å². The number of alkyl carbamates (subject to hydrolysis) is 1. The smallest absolute Gasteiger partial charge is 0.409 e. The first-order chi connectivity index (χ1) is 4.70. The van der Waals surface area contributed by atoms with Gasteiger partial charge in [0, 0.05) is 0 Å². The molecule has 0 aromatic carbocycles. The second-order valence-electron chi connectivity index (χ2n) is 1.51. The minimum atomic E-state index is -0.648. The van der Waals surface area contributed by atoms with E-state index in [0.717, 1.165) is 0 Å². The summed E-state index contributed by atoms with van der Waals surface area (Å²) in [7, 11) is 1.23. The van der Waals surface area contributed by atoms with Crippen molar-refractivity contribution in [2.24, 2.45) is 0 Å². The lowest BCUT2D eigenvalue weighted by Gasteiger charge is -2.09. The second-order valence-corrected chi connectivity index (χ2v) is 1.51. The molecular formula is C5H9NO4. The van der Waals surface area contributed by atoms with Gasteiger partial charge >= 0.3 is 6.09 Å². The second kappa shape index (κ2) is 4.60. The van der Waals surface area contributed by atoms with Crippen LogP contribution in [-0.4, -0.2) is 25.9 Å². The number of hydrogen-bond donors (Lipinski definition) is 1. The van der Waals surface area contributed by atoms with Gasteiger partial charge < -0.3 is 9.47 Å². The molecule has 1 N–H and O–H groups in total. The first kappa shape index (κ1) is 8.74. The van der Waals surface area contributed by atoms with Crippen LogP contribution in [0.15, 0.2) is 0 Å². The molecule has 1 atom stereocenters. The van der Waals surface area contributed by atoms with Gasteiger partial charge in [0.1, 0.15) is 0 Å². The first-order valence-electron chi connectivity index (χ1n) is 2.64. The molecule has 58 valence electrons. The molecule has 0 spiro atoms. The first-order valence-corrected chi connectivity index (χ1v) is 2.64. The fourth-order valence-electron chi connectivity index (χ4n) is 0.342. The standard InChI is InChI=1S/C5H9NO4/c1-4(10-3-7)6-5(8)9-2/h3-4H,1-2H3,(H,6,8)/t4-/m1/s1. The van der Waals surface area contributed by atoms with Crippen molar-refractivity contribution in [1.29, 1.82) is 0 Å². The zero-order valence-electron chi connectivity index (χ0n) is 5.79. The fourth-order valence-corrected chi connectivity index (χ4v) is 0.342. The molecule has 0 aliphatic carbocycles. The summed E-state index contributed by atoms with van der Waals surface area (Å²) >= 11 is 0. The van der Waals surface area contributed by atoms with Gasteiger partial charge in [-0.2, -0.15) is 0 Å². The Morgan fingerprint density at radius 3 is 2.70 bits per heavy atom. The molecule has 0 saturated heterocycles. The zero-order chi connectivity index (χ0) is 7.98. The third kappa shape index (κ3) is 3.71. The Labute approximate surface area is 58.3 Å². The van der Waals surface area contributed by atoms with Crippen LogP contribution in [0, 0.1) is 0 Å². The number of carbonyl (C=O) groups is 2. The summed E-state index contributed by atoms with van der Waals surface area (Å²) in [5.41, 5.74) is 0. The van der Waals surface area contributed by atoms with E-state index in [1.807, 2.05) is 0 Å². The van der Waals surface area contributed by atoms with Gasteiger partial charge in [0.25, 0.3) is 6.47 Å². The Balaban J connectivity index is 3.46. The lowest BCUT2D eigenvalue weighted by molar-refractivity contribution is -0.133. The molecule has 1 amide bonds. The molecule has 0 unspecified atom stereocenters. The molecule has 5 nitrogen and oxygen atoms in total. The highest BCUT2D eigenvalue weighted by Gasteiger charge is 2.04. The number of ether oxygens (including phenoxy) is 2. The van der Waals surface area contributed by atoms with Crippen molar-refractivity contribution in [3.63, 3.8) is 0 Å². The largest absolute Gasteiger partial charge is 0.453 e. The highest BCUT2D eigenvalue weighted by atomic mass is 16.6. The molecule has 0 aliphatic heterocycles. The van der Waals surface area contributed by atoms with Crippen molar-refractivity contribution in [3.8, 4) is 0 Å². The minimum Gasteiger partial charge on any atom is -0.453 e. The highest BCUT2D eigenvalue weighted by molar-refractivity contribution is 5.67. The summed E-state index contributed by atoms with van der Waals surface area (Å²) in [6, 6.07) is 0. The van der Waals surface area contributed by atoms with E-state index < -0.39 is 12.3 Å². The van der Waals surface area contributed by atoms with Crippen LogP contribution in [0.5, 0.6) is 0 Å². The molecule has 0 heterocycles. The number of amides is 1. The summed E-state index contributed by atoms with van der Waals surface area (Å²) < 4.78 is 8.54. The Morgan fingerprint density at radius 2 is 2.30 bits per heavy atom. The molecule has 0 aromatic rings. The normalized spacial score (nSPS) is 11.4. The van der Waals surface area contributed by atoms with E-state index in [-0.39, 0.29) is 6.47 Å². The van der Waals surface area contributed by atoms with Gasteiger partial charge in [0.2, 0.25) is 0 Å². The van der Waals surface area contributed by atoms with E-state index >= 15 is 0 Å². The van der Waals surface area contributed by atoms with Crippen molar-refractivity contribution in [3.05, 3.63) is 0 Å². The predicted molar refractivity (Wildman–Crippen MR) is 32.2 cm³/mol. The zero-order valence-corrected chi connectivity index (χ0v) is 5.79. The molecule has 0 saturated carbocycles. The van der Waals surface area contributed by atoms with Gasteiger partial charge in [-0.15, -0.1) is 0 Å².